The standard InChI is InChI=1S/C14H17N3O2/c1-3-19-14(18)11-4-6-12(7-5-11)15-10-13-8-9-16-17(13)2/h4-9,15H,3,10H2,1-2H3. The molecule has 100 valence electrons. The Kier molecular flexibility index (Phi) is 4.18. The van der Waals surface area contributed by atoms with Gasteiger partial charge in [-0.25, -0.2) is 4.79 Å². The van der Waals surface area contributed by atoms with Crippen molar-refractivity contribution in [2.45, 2.75) is 13.5 Å². The average Bonchev–Trinajstić information content (AvgIpc) is 2.83. The average molecular weight is 259 g/mol. The van der Waals surface area contributed by atoms with Gasteiger partial charge in [-0.3, -0.25) is 4.68 Å². The van der Waals surface area contributed by atoms with Crippen molar-refractivity contribution in [1.82, 2.24) is 9.78 Å². The lowest BCUT2D eigenvalue weighted by Gasteiger charge is -2.07. The van der Waals surface area contributed by atoms with E-state index < -0.39 is 0 Å². The number of benzene rings is 1. The summed E-state index contributed by atoms with van der Waals surface area (Å²) in [5, 5.41) is 7.38. The van der Waals surface area contributed by atoms with Crippen molar-refractivity contribution in [2.24, 2.45) is 7.05 Å². The van der Waals surface area contributed by atoms with E-state index in [1.807, 2.05) is 29.9 Å². The van der Waals surface area contributed by atoms with Crippen LogP contribution in [0.25, 0.3) is 0 Å². The number of nitrogens with one attached hydrogen (secondary N) is 1. The van der Waals surface area contributed by atoms with Gasteiger partial charge in [0.1, 0.15) is 0 Å². The van der Waals surface area contributed by atoms with Crippen molar-refractivity contribution in [3.8, 4) is 0 Å². The second-order valence-corrected chi connectivity index (χ2v) is 4.10. The third-order valence-corrected chi connectivity index (χ3v) is 2.79. The van der Waals surface area contributed by atoms with Crippen molar-refractivity contribution in [1.29, 1.82) is 0 Å². The van der Waals surface area contributed by atoms with Crippen molar-refractivity contribution in [3.63, 3.8) is 0 Å². The fraction of sp³-hybridized carbons (Fsp3) is 0.286. The van der Waals surface area contributed by atoms with E-state index in [0.717, 1.165) is 11.4 Å². The molecule has 0 saturated heterocycles. The van der Waals surface area contributed by atoms with E-state index in [1.165, 1.54) is 0 Å². The highest BCUT2D eigenvalue weighted by atomic mass is 16.5. The molecule has 2 aromatic rings. The predicted molar refractivity (Wildman–Crippen MR) is 72.9 cm³/mol. The second-order valence-electron chi connectivity index (χ2n) is 4.10. The van der Waals surface area contributed by atoms with E-state index in [0.29, 0.717) is 18.7 Å². The third-order valence-electron chi connectivity index (χ3n) is 2.79. The summed E-state index contributed by atoms with van der Waals surface area (Å²) in [4.78, 5) is 11.5. The van der Waals surface area contributed by atoms with Crippen LogP contribution in [0.3, 0.4) is 0 Å². The summed E-state index contributed by atoms with van der Waals surface area (Å²) in [7, 11) is 1.90. The molecule has 1 aromatic carbocycles. The number of nitrogens with zero attached hydrogens (tertiary/aromatic N) is 2. The van der Waals surface area contributed by atoms with E-state index in [-0.39, 0.29) is 5.97 Å². The largest absolute Gasteiger partial charge is 0.462 e. The van der Waals surface area contributed by atoms with Crippen LogP contribution in [0.5, 0.6) is 0 Å². The van der Waals surface area contributed by atoms with Gasteiger partial charge in [-0.15, -0.1) is 0 Å². The molecule has 0 unspecified atom stereocenters. The number of anilines is 1. The highest BCUT2D eigenvalue weighted by Gasteiger charge is 2.05. The van der Waals surface area contributed by atoms with Gasteiger partial charge in [-0.1, -0.05) is 0 Å². The van der Waals surface area contributed by atoms with Crippen molar-refractivity contribution >= 4 is 11.7 Å². The van der Waals surface area contributed by atoms with Crippen LogP contribution < -0.4 is 5.32 Å². The molecule has 0 aliphatic carbocycles. The summed E-state index contributed by atoms with van der Waals surface area (Å²) in [6.45, 7) is 2.87. The highest BCUT2D eigenvalue weighted by Crippen LogP contribution is 2.12. The fourth-order valence-corrected chi connectivity index (χ4v) is 1.71. The molecule has 0 spiro atoms. The first-order chi connectivity index (χ1) is 9.20. The predicted octanol–water partition coefficient (Wildman–Crippen LogP) is 2.21. The second kappa shape index (κ2) is 6.04. The highest BCUT2D eigenvalue weighted by molar-refractivity contribution is 5.89. The summed E-state index contributed by atoms with van der Waals surface area (Å²) in [6.07, 6.45) is 1.76. The molecule has 5 nitrogen and oxygen atoms in total. The van der Waals surface area contributed by atoms with Gasteiger partial charge in [-0.2, -0.15) is 5.10 Å². The molecule has 2 rings (SSSR count). The minimum absolute atomic E-state index is 0.291. The number of esters is 1. The van der Waals surface area contributed by atoms with Gasteiger partial charge in [0.2, 0.25) is 0 Å². The molecule has 1 heterocycles. The van der Waals surface area contributed by atoms with Gasteiger partial charge >= 0.3 is 5.97 Å². The lowest BCUT2D eigenvalue weighted by Crippen LogP contribution is -2.06. The van der Waals surface area contributed by atoms with Gasteiger partial charge in [0, 0.05) is 18.9 Å². The Morgan fingerprint density at radius 2 is 2.05 bits per heavy atom. The number of hydrogen-bond donors (Lipinski definition) is 1. The van der Waals surface area contributed by atoms with Gasteiger partial charge in [0.05, 0.1) is 24.4 Å². The van der Waals surface area contributed by atoms with Crippen LogP contribution in [-0.4, -0.2) is 22.4 Å². The quantitative estimate of drug-likeness (QED) is 0.836. The van der Waals surface area contributed by atoms with Crippen molar-refractivity contribution in [3.05, 3.63) is 47.8 Å². The Labute approximate surface area is 112 Å². The molecule has 19 heavy (non-hydrogen) atoms. The van der Waals surface area contributed by atoms with Gasteiger partial charge in [-0.05, 0) is 37.3 Å². The van der Waals surface area contributed by atoms with Crippen molar-refractivity contribution < 1.29 is 9.53 Å². The molecule has 0 fully saturated rings. The molecular weight excluding hydrogens is 242 g/mol. The van der Waals surface area contributed by atoms with Crippen LogP contribution in [0.15, 0.2) is 36.5 Å². The molecule has 1 N–H and O–H groups in total. The lowest BCUT2D eigenvalue weighted by atomic mass is 10.2. The molecule has 1 aromatic heterocycles. The molecule has 0 amide bonds. The van der Waals surface area contributed by atoms with Gasteiger partial charge in [0.15, 0.2) is 0 Å². The number of carbonyl (C=O) groups is 1. The first-order valence-electron chi connectivity index (χ1n) is 6.18. The maximum Gasteiger partial charge on any atom is 0.338 e. The van der Waals surface area contributed by atoms with Crippen LogP contribution in [-0.2, 0) is 18.3 Å². The SMILES string of the molecule is CCOC(=O)c1ccc(NCc2ccnn2C)cc1. The molecule has 0 saturated carbocycles. The number of aryl methyl sites for hydroxylation is 1. The lowest BCUT2D eigenvalue weighted by molar-refractivity contribution is 0.0526. The monoisotopic (exact) mass is 259 g/mol. The number of rotatable bonds is 5. The van der Waals surface area contributed by atoms with E-state index in [1.54, 1.807) is 25.3 Å². The van der Waals surface area contributed by atoms with Crippen LogP contribution >= 0.6 is 0 Å². The first kappa shape index (κ1) is 13.1. The van der Waals surface area contributed by atoms with Crippen molar-refractivity contribution in [2.75, 3.05) is 11.9 Å². The van der Waals surface area contributed by atoms with E-state index in [4.69, 9.17) is 4.74 Å². The topological polar surface area (TPSA) is 56.1 Å². The number of ether oxygens (including phenoxy) is 1. The zero-order chi connectivity index (χ0) is 13.7. The van der Waals surface area contributed by atoms with Crippen LogP contribution in [0, 0.1) is 0 Å². The van der Waals surface area contributed by atoms with E-state index >= 15 is 0 Å². The van der Waals surface area contributed by atoms with E-state index in [9.17, 15) is 4.79 Å². The van der Waals surface area contributed by atoms with Gasteiger partial charge in [0.25, 0.3) is 0 Å². The normalized spacial score (nSPS) is 10.2. The Hall–Kier alpha value is -2.30. The summed E-state index contributed by atoms with van der Waals surface area (Å²) in [5.41, 5.74) is 2.61. The number of aromatic nitrogens is 2. The van der Waals surface area contributed by atoms with E-state index in [2.05, 4.69) is 10.4 Å². The number of carbonyl (C=O) groups excluding carboxylic acids is 1. The summed E-state index contributed by atoms with van der Waals surface area (Å²) < 4.78 is 6.75. The molecule has 0 aliphatic rings. The Morgan fingerprint density at radius 1 is 1.32 bits per heavy atom. The fourth-order valence-electron chi connectivity index (χ4n) is 1.71. The summed E-state index contributed by atoms with van der Waals surface area (Å²) in [6, 6.07) is 9.19. The van der Waals surface area contributed by atoms with Gasteiger partial charge < -0.3 is 10.1 Å². The van der Waals surface area contributed by atoms with Crippen LogP contribution in [0.1, 0.15) is 23.0 Å². The molecular formula is C14H17N3O2. The van der Waals surface area contributed by atoms with Crippen LogP contribution in [0.2, 0.25) is 0 Å². The molecule has 0 bridgehead atoms. The minimum atomic E-state index is -0.291. The molecule has 0 aliphatic heterocycles. The summed E-state index contributed by atoms with van der Waals surface area (Å²) >= 11 is 0. The summed E-state index contributed by atoms with van der Waals surface area (Å²) in [5.74, 6) is -0.291. The maximum absolute atomic E-state index is 11.5. The Balaban J connectivity index is 1.95. The molecule has 5 heteroatoms. The molecule has 0 radical (unpaired) electrons. The smallest absolute Gasteiger partial charge is 0.338 e. The zero-order valence-electron chi connectivity index (χ0n) is 11.1. The Bertz CT molecular complexity index is 546. The maximum atomic E-state index is 11.5. The van der Waals surface area contributed by atoms with Crippen LogP contribution in [0.4, 0.5) is 5.69 Å². The number of hydrogen-bond acceptors (Lipinski definition) is 4. The Morgan fingerprint density at radius 3 is 2.63 bits per heavy atom. The minimum Gasteiger partial charge on any atom is -0.462 e. The third kappa shape index (κ3) is 3.34. The first-order valence-corrected chi connectivity index (χ1v) is 6.18. The zero-order valence-corrected chi connectivity index (χ0v) is 11.1. The molecule has 0 atom stereocenters.